The highest BCUT2D eigenvalue weighted by molar-refractivity contribution is 7.16. The number of anilines is 1. The van der Waals surface area contributed by atoms with Crippen LogP contribution in [-0.4, -0.2) is 10.9 Å². The first-order valence-corrected chi connectivity index (χ1v) is 7.75. The summed E-state index contributed by atoms with van der Waals surface area (Å²) < 4.78 is 0. The topological polar surface area (TPSA) is 42.0 Å². The average molecular weight is 304 g/mol. The van der Waals surface area contributed by atoms with Crippen molar-refractivity contribution in [2.75, 3.05) is 5.32 Å². The van der Waals surface area contributed by atoms with Crippen molar-refractivity contribution in [1.29, 1.82) is 0 Å². The second kappa shape index (κ2) is 5.24. The Balaban J connectivity index is 1.72. The number of carbonyl (C=O) groups excluding carboxylic acids is 1. The maximum absolute atomic E-state index is 12.1. The normalized spacial score (nSPS) is 14.9. The molecular weight excluding hydrogens is 292 g/mol. The number of pyridine rings is 1. The van der Waals surface area contributed by atoms with Crippen molar-refractivity contribution in [2.24, 2.45) is 0 Å². The minimum absolute atomic E-state index is 0.0716. The van der Waals surface area contributed by atoms with Gasteiger partial charge in [0.25, 0.3) is 5.91 Å². The molecule has 2 aromatic heterocycles. The van der Waals surface area contributed by atoms with Gasteiger partial charge in [-0.3, -0.25) is 9.78 Å². The Morgan fingerprint density at radius 3 is 2.77 bits per heavy atom. The standard InChI is InChI=1S/C18H12N2OS/c21-18-14(15-11-19-9-8-16(15)20-18)10-13-6-7-17(22-13)12-4-2-1-3-5-12/h1-11H,(H,20,21). The first-order chi connectivity index (χ1) is 10.8. The summed E-state index contributed by atoms with van der Waals surface area (Å²) in [5.41, 5.74) is 3.55. The predicted octanol–water partition coefficient (Wildman–Crippen LogP) is 4.30. The Kier molecular flexibility index (Phi) is 3.09. The molecule has 0 radical (unpaired) electrons. The van der Waals surface area contributed by atoms with Gasteiger partial charge in [-0.25, -0.2) is 0 Å². The second-order valence-corrected chi connectivity index (χ2v) is 6.12. The molecule has 0 saturated heterocycles. The van der Waals surface area contributed by atoms with Gasteiger partial charge >= 0.3 is 0 Å². The van der Waals surface area contributed by atoms with Crippen LogP contribution in [0.3, 0.4) is 0 Å². The molecular formula is C18H12N2OS. The van der Waals surface area contributed by atoms with Crippen molar-refractivity contribution < 1.29 is 4.79 Å². The van der Waals surface area contributed by atoms with Crippen LogP contribution in [-0.2, 0) is 4.79 Å². The van der Waals surface area contributed by atoms with Crippen LogP contribution in [0.25, 0.3) is 22.1 Å². The predicted molar refractivity (Wildman–Crippen MR) is 90.5 cm³/mol. The Labute approximate surface area is 132 Å². The second-order valence-electron chi connectivity index (χ2n) is 5.00. The average Bonchev–Trinajstić information content (AvgIpc) is 3.14. The number of fused-ring (bicyclic) bond motifs is 1. The lowest BCUT2D eigenvalue weighted by Crippen LogP contribution is -2.03. The number of nitrogens with one attached hydrogen (secondary N) is 1. The van der Waals surface area contributed by atoms with Crippen molar-refractivity contribution in [1.82, 2.24) is 4.98 Å². The van der Waals surface area contributed by atoms with Gasteiger partial charge < -0.3 is 5.32 Å². The summed E-state index contributed by atoms with van der Waals surface area (Å²) in [5, 5.41) is 2.86. The Morgan fingerprint density at radius 2 is 1.91 bits per heavy atom. The van der Waals surface area contributed by atoms with E-state index in [-0.39, 0.29) is 5.91 Å². The number of nitrogens with zero attached hydrogens (tertiary/aromatic N) is 1. The smallest absolute Gasteiger partial charge is 0.256 e. The fraction of sp³-hybridized carbons (Fsp3) is 0. The molecule has 22 heavy (non-hydrogen) atoms. The Bertz CT molecular complexity index is 881. The highest BCUT2D eigenvalue weighted by Crippen LogP contribution is 2.35. The molecule has 1 aromatic carbocycles. The number of hydrogen-bond acceptors (Lipinski definition) is 3. The van der Waals surface area contributed by atoms with E-state index in [0.717, 1.165) is 16.1 Å². The lowest BCUT2D eigenvalue weighted by Gasteiger charge is -1.96. The fourth-order valence-electron chi connectivity index (χ4n) is 2.50. The lowest BCUT2D eigenvalue weighted by atomic mass is 10.1. The van der Waals surface area contributed by atoms with Gasteiger partial charge in [0.05, 0.1) is 11.3 Å². The third-order valence-corrected chi connectivity index (χ3v) is 4.66. The van der Waals surface area contributed by atoms with Gasteiger partial charge in [0, 0.05) is 27.7 Å². The van der Waals surface area contributed by atoms with E-state index in [4.69, 9.17) is 0 Å². The molecule has 0 atom stereocenters. The quantitative estimate of drug-likeness (QED) is 0.717. The van der Waals surface area contributed by atoms with Gasteiger partial charge in [-0.1, -0.05) is 30.3 Å². The zero-order chi connectivity index (χ0) is 14.9. The summed E-state index contributed by atoms with van der Waals surface area (Å²) in [6.45, 7) is 0. The molecule has 3 aromatic rings. The fourth-order valence-corrected chi connectivity index (χ4v) is 3.46. The summed E-state index contributed by atoms with van der Waals surface area (Å²) in [6.07, 6.45) is 5.34. The van der Waals surface area contributed by atoms with Gasteiger partial charge in [0.1, 0.15) is 0 Å². The maximum Gasteiger partial charge on any atom is 0.256 e. The minimum atomic E-state index is -0.0716. The lowest BCUT2D eigenvalue weighted by molar-refractivity contribution is -0.110. The molecule has 1 aliphatic rings. The van der Waals surface area contributed by atoms with E-state index >= 15 is 0 Å². The van der Waals surface area contributed by atoms with Crippen molar-refractivity contribution in [3.63, 3.8) is 0 Å². The molecule has 0 fully saturated rings. The van der Waals surface area contributed by atoms with Gasteiger partial charge in [-0.15, -0.1) is 11.3 Å². The Morgan fingerprint density at radius 1 is 1.05 bits per heavy atom. The number of hydrogen-bond donors (Lipinski definition) is 1. The van der Waals surface area contributed by atoms with Crippen LogP contribution in [0.5, 0.6) is 0 Å². The number of thiophene rings is 1. The molecule has 1 aliphatic heterocycles. The third-order valence-electron chi connectivity index (χ3n) is 3.58. The molecule has 3 nitrogen and oxygen atoms in total. The zero-order valence-corrected chi connectivity index (χ0v) is 12.4. The monoisotopic (exact) mass is 304 g/mol. The van der Waals surface area contributed by atoms with E-state index in [2.05, 4.69) is 28.5 Å². The van der Waals surface area contributed by atoms with Crippen molar-refractivity contribution >= 4 is 34.6 Å². The summed E-state index contributed by atoms with van der Waals surface area (Å²) >= 11 is 1.67. The first kappa shape index (κ1) is 13.0. The summed E-state index contributed by atoms with van der Waals surface area (Å²) in [5.74, 6) is -0.0716. The highest BCUT2D eigenvalue weighted by Gasteiger charge is 2.24. The van der Waals surface area contributed by atoms with Crippen molar-refractivity contribution in [3.05, 3.63) is 71.4 Å². The highest BCUT2D eigenvalue weighted by atomic mass is 32.1. The molecule has 4 rings (SSSR count). The number of aromatic nitrogens is 1. The van der Waals surface area contributed by atoms with E-state index in [9.17, 15) is 4.79 Å². The van der Waals surface area contributed by atoms with Gasteiger partial charge in [-0.05, 0) is 29.8 Å². The van der Waals surface area contributed by atoms with Crippen molar-refractivity contribution in [3.8, 4) is 10.4 Å². The molecule has 106 valence electrons. The van der Waals surface area contributed by atoms with E-state index in [1.807, 2.05) is 36.4 Å². The maximum atomic E-state index is 12.1. The van der Waals surface area contributed by atoms with Crippen LogP contribution in [0.2, 0.25) is 0 Å². The minimum Gasteiger partial charge on any atom is -0.321 e. The third kappa shape index (κ3) is 2.23. The summed E-state index contributed by atoms with van der Waals surface area (Å²) in [4.78, 5) is 18.5. The largest absolute Gasteiger partial charge is 0.321 e. The van der Waals surface area contributed by atoms with Crippen LogP contribution in [0.1, 0.15) is 10.4 Å². The number of rotatable bonds is 2. The molecule has 4 heteroatoms. The van der Waals surface area contributed by atoms with Gasteiger partial charge in [-0.2, -0.15) is 0 Å². The van der Waals surface area contributed by atoms with E-state index in [0.29, 0.717) is 5.57 Å². The first-order valence-electron chi connectivity index (χ1n) is 6.94. The molecule has 0 unspecified atom stereocenters. The van der Waals surface area contributed by atoms with Crippen molar-refractivity contribution in [2.45, 2.75) is 0 Å². The van der Waals surface area contributed by atoms with E-state index < -0.39 is 0 Å². The molecule has 1 N–H and O–H groups in total. The Hall–Kier alpha value is -2.72. The van der Waals surface area contributed by atoms with Crippen LogP contribution in [0, 0.1) is 0 Å². The van der Waals surface area contributed by atoms with E-state index in [1.165, 1.54) is 10.4 Å². The van der Waals surface area contributed by atoms with Gasteiger partial charge in [0.15, 0.2) is 0 Å². The molecule has 0 saturated carbocycles. The summed E-state index contributed by atoms with van der Waals surface area (Å²) in [6, 6.07) is 16.2. The summed E-state index contributed by atoms with van der Waals surface area (Å²) in [7, 11) is 0. The van der Waals surface area contributed by atoms with Crippen LogP contribution in [0.4, 0.5) is 5.69 Å². The molecule has 3 heterocycles. The van der Waals surface area contributed by atoms with E-state index in [1.54, 1.807) is 23.7 Å². The SMILES string of the molecule is O=C1Nc2ccncc2C1=Cc1ccc(-c2ccccc2)s1. The zero-order valence-electron chi connectivity index (χ0n) is 11.6. The molecule has 0 spiro atoms. The van der Waals surface area contributed by atoms with Crippen LogP contribution >= 0.6 is 11.3 Å². The number of amides is 1. The van der Waals surface area contributed by atoms with Crippen LogP contribution in [0.15, 0.2) is 60.9 Å². The molecule has 0 aliphatic carbocycles. The van der Waals surface area contributed by atoms with Gasteiger partial charge in [0.2, 0.25) is 0 Å². The molecule has 0 bridgehead atoms. The number of benzene rings is 1. The number of carbonyl (C=O) groups is 1. The van der Waals surface area contributed by atoms with Crippen LogP contribution < -0.4 is 5.32 Å². The molecule has 1 amide bonds.